The molecule has 2 aromatic rings. The van der Waals surface area contributed by atoms with E-state index in [4.69, 9.17) is 4.74 Å². The van der Waals surface area contributed by atoms with Crippen molar-refractivity contribution in [2.45, 2.75) is 20.8 Å². The number of nitrogens with one attached hydrogen (secondary N) is 1. The monoisotopic (exact) mass is 396 g/mol. The Morgan fingerprint density at radius 3 is 2.48 bits per heavy atom. The van der Waals surface area contributed by atoms with Crippen LogP contribution in [0.3, 0.4) is 0 Å². The van der Waals surface area contributed by atoms with Gasteiger partial charge in [0.2, 0.25) is 0 Å². The number of amides is 1. The van der Waals surface area contributed by atoms with E-state index >= 15 is 0 Å². The van der Waals surface area contributed by atoms with Crippen molar-refractivity contribution in [3.05, 3.63) is 50.7 Å². The maximum Gasteiger partial charge on any atom is 0.263 e. The number of hydrogen-bond donors (Lipinski definition) is 1. The molecule has 4 nitrogen and oxygen atoms in total. The molecule has 0 unspecified atom stereocenters. The number of nitrogens with zero attached hydrogens (tertiary/aromatic N) is 1. The van der Waals surface area contributed by atoms with E-state index in [0.717, 1.165) is 20.4 Å². The molecule has 0 aliphatic heterocycles. The number of aryl methyl sites for hydroxylation is 3. The fraction of sp³-hybridized carbons (Fsp3) is 0.250. The van der Waals surface area contributed by atoms with Crippen molar-refractivity contribution in [2.75, 3.05) is 11.9 Å². The number of hydrogen-bond acceptors (Lipinski definition) is 3. The van der Waals surface area contributed by atoms with Crippen LogP contribution in [0.15, 0.2) is 30.3 Å². The minimum atomic E-state index is -0.220. The zero-order valence-electron chi connectivity index (χ0n) is 12.2. The van der Waals surface area contributed by atoms with Crippen molar-refractivity contribution in [2.24, 2.45) is 0 Å². The van der Waals surface area contributed by atoms with E-state index in [2.05, 4.69) is 39.0 Å². The molecule has 1 N–H and O–H groups in total. The van der Waals surface area contributed by atoms with Crippen molar-refractivity contribution in [1.82, 2.24) is 4.98 Å². The van der Waals surface area contributed by atoms with Crippen LogP contribution in [-0.4, -0.2) is 17.5 Å². The smallest absolute Gasteiger partial charge is 0.263 e. The van der Waals surface area contributed by atoms with Gasteiger partial charge in [-0.3, -0.25) is 4.79 Å². The van der Waals surface area contributed by atoms with Gasteiger partial charge >= 0.3 is 0 Å². The van der Waals surface area contributed by atoms with Crippen molar-refractivity contribution in [3.63, 3.8) is 0 Å². The second kappa shape index (κ2) is 6.89. The quantitative estimate of drug-likeness (QED) is 0.804. The van der Waals surface area contributed by atoms with Gasteiger partial charge in [-0.05, 0) is 78.8 Å². The van der Waals surface area contributed by atoms with Crippen LogP contribution in [0.2, 0.25) is 0 Å². The first-order valence-electron chi connectivity index (χ1n) is 6.58. The van der Waals surface area contributed by atoms with Gasteiger partial charge in [0.25, 0.3) is 5.91 Å². The van der Waals surface area contributed by atoms with E-state index in [-0.39, 0.29) is 12.5 Å². The second-order valence-electron chi connectivity index (χ2n) is 4.92. The zero-order valence-corrected chi connectivity index (χ0v) is 14.4. The third-order valence-corrected chi connectivity index (χ3v) is 3.99. The van der Waals surface area contributed by atoms with Crippen molar-refractivity contribution >= 4 is 34.3 Å². The normalized spacial score (nSPS) is 10.3. The molecule has 1 aromatic carbocycles. The Morgan fingerprint density at radius 1 is 1.19 bits per heavy atom. The maximum absolute atomic E-state index is 11.9. The summed E-state index contributed by atoms with van der Waals surface area (Å²) in [6.07, 6.45) is 0. The first-order chi connectivity index (χ1) is 9.94. The summed E-state index contributed by atoms with van der Waals surface area (Å²) >= 11 is 2.21. The van der Waals surface area contributed by atoms with Gasteiger partial charge in [0, 0.05) is 3.57 Å². The summed E-state index contributed by atoms with van der Waals surface area (Å²) in [5.74, 6) is 1.03. The van der Waals surface area contributed by atoms with Gasteiger partial charge in [-0.1, -0.05) is 6.07 Å². The lowest BCUT2D eigenvalue weighted by atomic mass is 10.1. The lowest BCUT2D eigenvalue weighted by Gasteiger charge is -2.09. The van der Waals surface area contributed by atoms with Crippen LogP contribution in [0.1, 0.15) is 16.8 Å². The predicted molar refractivity (Wildman–Crippen MR) is 91.7 cm³/mol. The molecule has 0 radical (unpaired) electrons. The average molecular weight is 396 g/mol. The van der Waals surface area contributed by atoms with Gasteiger partial charge in [0.1, 0.15) is 11.6 Å². The minimum absolute atomic E-state index is 0.0321. The number of ether oxygens (including phenoxy) is 1. The summed E-state index contributed by atoms with van der Waals surface area (Å²) in [6.45, 7) is 5.87. The maximum atomic E-state index is 11.9. The van der Waals surface area contributed by atoms with E-state index in [0.29, 0.717) is 11.6 Å². The average Bonchev–Trinajstić information content (AvgIpc) is 2.40. The Morgan fingerprint density at radius 2 is 1.86 bits per heavy atom. The highest BCUT2D eigenvalue weighted by molar-refractivity contribution is 14.1. The third-order valence-electron chi connectivity index (χ3n) is 2.85. The number of carbonyl (C=O) groups excluding carboxylic acids is 1. The zero-order chi connectivity index (χ0) is 15.4. The fourth-order valence-electron chi connectivity index (χ4n) is 1.96. The SMILES string of the molecule is Cc1cc(C)cc(OCC(=O)Nc2ccc(I)c(C)n2)c1. The number of carbonyl (C=O) groups is 1. The lowest BCUT2D eigenvalue weighted by molar-refractivity contribution is -0.118. The number of rotatable bonds is 4. The van der Waals surface area contributed by atoms with Crippen LogP contribution in [0.25, 0.3) is 0 Å². The molecule has 0 saturated carbocycles. The molecule has 5 heteroatoms. The number of halogens is 1. The van der Waals surface area contributed by atoms with Crippen LogP contribution >= 0.6 is 22.6 Å². The summed E-state index contributed by atoms with van der Waals surface area (Å²) in [5, 5.41) is 2.73. The second-order valence-corrected chi connectivity index (χ2v) is 6.09. The molecule has 0 bridgehead atoms. The number of pyridine rings is 1. The van der Waals surface area contributed by atoms with Gasteiger partial charge in [0.15, 0.2) is 6.61 Å². The Balaban J connectivity index is 1.94. The summed E-state index contributed by atoms with van der Waals surface area (Å²) < 4.78 is 6.58. The van der Waals surface area contributed by atoms with Crippen LogP contribution in [0.5, 0.6) is 5.75 Å². The molecule has 0 atom stereocenters. The fourth-order valence-corrected chi connectivity index (χ4v) is 2.26. The summed E-state index contributed by atoms with van der Waals surface area (Å²) in [7, 11) is 0. The van der Waals surface area contributed by atoms with Gasteiger partial charge in [-0.2, -0.15) is 0 Å². The molecule has 1 amide bonds. The molecular weight excluding hydrogens is 379 g/mol. The van der Waals surface area contributed by atoms with Crippen LogP contribution in [0.4, 0.5) is 5.82 Å². The minimum Gasteiger partial charge on any atom is -0.484 e. The first-order valence-corrected chi connectivity index (χ1v) is 7.66. The van der Waals surface area contributed by atoms with E-state index in [1.807, 2.05) is 39.0 Å². The van der Waals surface area contributed by atoms with Crippen molar-refractivity contribution in [3.8, 4) is 5.75 Å². The Labute approximate surface area is 138 Å². The number of benzene rings is 1. The Hall–Kier alpha value is -1.63. The Kier molecular flexibility index (Phi) is 5.17. The highest BCUT2D eigenvalue weighted by Gasteiger charge is 2.06. The first kappa shape index (κ1) is 15.8. The molecule has 21 heavy (non-hydrogen) atoms. The number of aromatic nitrogens is 1. The van der Waals surface area contributed by atoms with Gasteiger partial charge < -0.3 is 10.1 Å². The van der Waals surface area contributed by atoms with Gasteiger partial charge in [-0.25, -0.2) is 4.98 Å². The predicted octanol–water partition coefficient (Wildman–Crippen LogP) is 3.63. The molecule has 0 aliphatic rings. The summed E-state index contributed by atoms with van der Waals surface area (Å²) in [4.78, 5) is 16.2. The molecule has 110 valence electrons. The summed E-state index contributed by atoms with van der Waals surface area (Å²) in [5.41, 5.74) is 3.12. The molecule has 0 fully saturated rings. The van der Waals surface area contributed by atoms with Crippen molar-refractivity contribution < 1.29 is 9.53 Å². The molecule has 0 saturated heterocycles. The van der Waals surface area contributed by atoms with E-state index in [1.165, 1.54) is 0 Å². The van der Waals surface area contributed by atoms with Crippen LogP contribution < -0.4 is 10.1 Å². The standard InChI is InChI=1S/C16H17IN2O2/c1-10-6-11(2)8-13(7-10)21-9-16(20)19-15-5-4-14(17)12(3)18-15/h4-8H,9H2,1-3H3,(H,18,19,20). The molecule has 1 aromatic heterocycles. The largest absolute Gasteiger partial charge is 0.484 e. The van der Waals surface area contributed by atoms with Gasteiger partial charge in [-0.15, -0.1) is 0 Å². The van der Waals surface area contributed by atoms with Crippen molar-refractivity contribution in [1.29, 1.82) is 0 Å². The molecule has 0 aliphatic carbocycles. The topological polar surface area (TPSA) is 51.2 Å². The van der Waals surface area contributed by atoms with E-state index < -0.39 is 0 Å². The molecule has 0 spiro atoms. The highest BCUT2D eigenvalue weighted by Crippen LogP contribution is 2.16. The lowest BCUT2D eigenvalue weighted by Crippen LogP contribution is -2.21. The Bertz CT molecular complexity index is 651. The summed E-state index contributed by atoms with van der Waals surface area (Å²) in [6, 6.07) is 9.58. The number of anilines is 1. The molecule has 1 heterocycles. The molecule has 2 rings (SSSR count). The highest BCUT2D eigenvalue weighted by atomic mass is 127. The third kappa shape index (κ3) is 4.70. The van der Waals surface area contributed by atoms with Crippen LogP contribution in [0, 0.1) is 24.3 Å². The van der Waals surface area contributed by atoms with E-state index in [1.54, 1.807) is 6.07 Å². The van der Waals surface area contributed by atoms with Crippen LogP contribution in [-0.2, 0) is 4.79 Å². The molecular formula is C16H17IN2O2. The van der Waals surface area contributed by atoms with Gasteiger partial charge in [0.05, 0.1) is 5.69 Å². The van der Waals surface area contributed by atoms with E-state index in [9.17, 15) is 4.79 Å².